The highest BCUT2D eigenvalue weighted by Gasteiger charge is 2.14. The molecule has 0 saturated carbocycles. The maximum absolute atomic E-state index is 5.35. The van der Waals surface area contributed by atoms with Gasteiger partial charge in [0, 0.05) is 31.1 Å². The topological polar surface area (TPSA) is 75.9 Å². The Bertz CT molecular complexity index is 557. The lowest BCUT2D eigenvalue weighted by molar-refractivity contribution is 1.00. The van der Waals surface area contributed by atoms with E-state index < -0.39 is 0 Å². The minimum atomic E-state index is 0.608. The fraction of sp³-hybridized carbons (Fsp3) is 0.200. The summed E-state index contributed by atoms with van der Waals surface area (Å²) in [6, 6.07) is 1.91. The Morgan fingerprint density at radius 3 is 3.20 bits per heavy atom. The first-order valence-electron chi connectivity index (χ1n) is 6.53. The monoisotopic (exact) mass is 269 g/mol. The molecule has 0 saturated heterocycles. The van der Waals surface area contributed by atoms with E-state index in [-0.39, 0.29) is 0 Å². The van der Waals surface area contributed by atoms with Gasteiger partial charge in [-0.25, -0.2) is 9.97 Å². The summed E-state index contributed by atoms with van der Waals surface area (Å²) in [5, 5.41) is 6.32. The minimum Gasteiger partial charge on any atom is -0.405 e. The number of nitrogens with zero attached hydrogens (tertiary/aromatic N) is 2. The molecule has 0 spiro atoms. The summed E-state index contributed by atoms with van der Waals surface area (Å²) < 4.78 is 0. The number of nitrogens with two attached hydrogens (primary N) is 1. The van der Waals surface area contributed by atoms with Crippen molar-refractivity contribution in [2.45, 2.75) is 6.42 Å². The highest BCUT2D eigenvalue weighted by atomic mass is 15.1. The van der Waals surface area contributed by atoms with Gasteiger partial charge in [0.25, 0.3) is 0 Å². The molecule has 2 heterocycles. The number of aromatic nitrogens is 2. The first-order chi connectivity index (χ1) is 9.85. The SMILES string of the molecule is C=CCNc1nccc(C2=CNC/C2=C\C/C=C\N)n1. The van der Waals surface area contributed by atoms with Crippen molar-refractivity contribution in [3.63, 3.8) is 0 Å². The molecule has 20 heavy (non-hydrogen) atoms. The van der Waals surface area contributed by atoms with E-state index in [2.05, 4.69) is 33.3 Å². The summed E-state index contributed by atoms with van der Waals surface area (Å²) in [7, 11) is 0. The summed E-state index contributed by atoms with van der Waals surface area (Å²) in [5.74, 6) is 0.608. The standard InChI is InChI=1S/C15H19N5/c1-2-8-18-15-19-9-6-14(20-15)13-11-17-10-12(13)5-3-4-7-16/h2,4-7,9,11,17H,1,3,8,10,16H2,(H,18,19,20)/b7-4-,12-5+. The van der Waals surface area contributed by atoms with E-state index in [1.807, 2.05) is 18.3 Å². The smallest absolute Gasteiger partial charge is 0.223 e. The van der Waals surface area contributed by atoms with E-state index in [1.54, 1.807) is 18.5 Å². The molecule has 0 atom stereocenters. The van der Waals surface area contributed by atoms with Crippen LogP contribution in [0.3, 0.4) is 0 Å². The summed E-state index contributed by atoms with van der Waals surface area (Å²) in [4.78, 5) is 8.69. The van der Waals surface area contributed by atoms with Crippen molar-refractivity contribution in [1.82, 2.24) is 15.3 Å². The summed E-state index contributed by atoms with van der Waals surface area (Å²) in [6.45, 7) is 5.12. The van der Waals surface area contributed by atoms with E-state index in [9.17, 15) is 0 Å². The molecule has 1 aromatic heterocycles. The molecule has 0 fully saturated rings. The molecular weight excluding hydrogens is 250 g/mol. The van der Waals surface area contributed by atoms with Gasteiger partial charge < -0.3 is 16.4 Å². The van der Waals surface area contributed by atoms with Crippen LogP contribution in [0, 0.1) is 0 Å². The predicted octanol–water partition coefficient (Wildman–Crippen LogP) is 1.81. The van der Waals surface area contributed by atoms with Gasteiger partial charge in [0.05, 0.1) is 5.69 Å². The zero-order valence-corrected chi connectivity index (χ0v) is 11.3. The van der Waals surface area contributed by atoms with E-state index in [0.29, 0.717) is 12.5 Å². The molecule has 1 aromatic rings. The van der Waals surface area contributed by atoms with Crippen LogP contribution in [0.1, 0.15) is 12.1 Å². The maximum Gasteiger partial charge on any atom is 0.223 e. The van der Waals surface area contributed by atoms with Gasteiger partial charge in [-0.3, -0.25) is 0 Å². The lowest BCUT2D eigenvalue weighted by Crippen LogP contribution is -2.04. The fourth-order valence-corrected chi connectivity index (χ4v) is 1.92. The molecule has 1 aliphatic rings. The third kappa shape index (κ3) is 3.47. The van der Waals surface area contributed by atoms with Gasteiger partial charge in [-0.2, -0.15) is 0 Å². The van der Waals surface area contributed by atoms with Crippen LogP contribution in [0.25, 0.3) is 5.57 Å². The average molecular weight is 269 g/mol. The molecular formula is C15H19N5. The fourth-order valence-electron chi connectivity index (χ4n) is 1.92. The highest BCUT2D eigenvalue weighted by Crippen LogP contribution is 2.25. The summed E-state index contributed by atoms with van der Waals surface area (Å²) >= 11 is 0. The van der Waals surface area contributed by atoms with E-state index in [4.69, 9.17) is 5.73 Å². The predicted molar refractivity (Wildman–Crippen MR) is 82.7 cm³/mol. The van der Waals surface area contributed by atoms with Crippen molar-refractivity contribution in [3.05, 3.63) is 60.7 Å². The van der Waals surface area contributed by atoms with Crippen LogP contribution < -0.4 is 16.4 Å². The van der Waals surface area contributed by atoms with Gasteiger partial charge in [-0.1, -0.05) is 18.2 Å². The molecule has 5 heteroatoms. The molecule has 104 valence electrons. The molecule has 0 amide bonds. The molecule has 0 radical (unpaired) electrons. The number of rotatable bonds is 6. The van der Waals surface area contributed by atoms with Gasteiger partial charge in [0.2, 0.25) is 5.95 Å². The van der Waals surface area contributed by atoms with Crippen molar-refractivity contribution in [2.75, 3.05) is 18.4 Å². The third-order valence-corrected chi connectivity index (χ3v) is 2.86. The first-order valence-corrected chi connectivity index (χ1v) is 6.53. The number of nitrogens with one attached hydrogen (secondary N) is 2. The van der Waals surface area contributed by atoms with Crippen molar-refractivity contribution >= 4 is 11.5 Å². The second kappa shape index (κ2) is 7.13. The zero-order chi connectivity index (χ0) is 14.2. The number of anilines is 1. The van der Waals surface area contributed by atoms with Crippen LogP contribution in [0.15, 0.2) is 55.0 Å². The largest absolute Gasteiger partial charge is 0.405 e. The number of allylic oxidation sites excluding steroid dienone is 2. The maximum atomic E-state index is 5.35. The Balaban J connectivity index is 2.17. The Morgan fingerprint density at radius 1 is 1.50 bits per heavy atom. The van der Waals surface area contributed by atoms with Crippen LogP contribution in [0.4, 0.5) is 5.95 Å². The first kappa shape index (κ1) is 13.9. The molecule has 0 aliphatic carbocycles. The van der Waals surface area contributed by atoms with Gasteiger partial charge in [-0.05, 0) is 24.3 Å². The van der Waals surface area contributed by atoms with Crippen molar-refractivity contribution in [1.29, 1.82) is 0 Å². The molecule has 0 unspecified atom stereocenters. The Morgan fingerprint density at radius 2 is 2.40 bits per heavy atom. The van der Waals surface area contributed by atoms with E-state index >= 15 is 0 Å². The lowest BCUT2D eigenvalue weighted by Gasteiger charge is -2.06. The van der Waals surface area contributed by atoms with Gasteiger partial charge >= 0.3 is 0 Å². The summed E-state index contributed by atoms with van der Waals surface area (Å²) in [5.41, 5.74) is 8.57. The highest BCUT2D eigenvalue weighted by molar-refractivity contribution is 5.79. The molecule has 2 rings (SSSR count). The van der Waals surface area contributed by atoms with E-state index in [0.717, 1.165) is 24.2 Å². The Hall–Kier alpha value is -2.56. The van der Waals surface area contributed by atoms with Crippen molar-refractivity contribution in [2.24, 2.45) is 5.73 Å². The number of hydrogen-bond donors (Lipinski definition) is 3. The van der Waals surface area contributed by atoms with Gasteiger partial charge in [0.1, 0.15) is 0 Å². The molecule has 1 aliphatic heterocycles. The summed E-state index contributed by atoms with van der Waals surface area (Å²) in [6.07, 6.45) is 12.0. The molecule has 4 N–H and O–H groups in total. The van der Waals surface area contributed by atoms with Crippen LogP contribution in [0.5, 0.6) is 0 Å². The van der Waals surface area contributed by atoms with Crippen LogP contribution in [-0.4, -0.2) is 23.1 Å². The normalized spacial score (nSPS) is 16.2. The van der Waals surface area contributed by atoms with Gasteiger partial charge in [-0.15, -0.1) is 6.58 Å². The lowest BCUT2D eigenvalue weighted by atomic mass is 10.0. The second-order valence-corrected chi connectivity index (χ2v) is 4.27. The third-order valence-electron chi connectivity index (χ3n) is 2.86. The van der Waals surface area contributed by atoms with E-state index in [1.165, 1.54) is 5.57 Å². The van der Waals surface area contributed by atoms with Crippen molar-refractivity contribution in [3.8, 4) is 0 Å². The Labute approximate surface area is 119 Å². The average Bonchev–Trinajstić information content (AvgIpc) is 2.94. The molecule has 0 bridgehead atoms. The minimum absolute atomic E-state index is 0.608. The Kier molecular flexibility index (Phi) is 4.94. The van der Waals surface area contributed by atoms with Crippen LogP contribution in [-0.2, 0) is 0 Å². The zero-order valence-electron chi connectivity index (χ0n) is 11.3. The quantitative estimate of drug-likeness (QED) is 0.687. The second-order valence-electron chi connectivity index (χ2n) is 4.27. The van der Waals surface area contributed by atoms with Gasteiger partial charge in [0.15, 0.2) is 0 Å². The molecule has 5 nitrogen and oxygen atoms in total. The van der Waals surface area contributed by atoms with Crippen molar-refractivity contribution < 1.29 is 0 Å². The molecule has 0 aromatic carbocycles. The van der Waals surface area contributed by atoms with Crippen LogP contribution >= 0.6 is 0 Å². The number of hydrogen-bond acceptors (Lipinski definition) is 5. The van der Waals surface area contributed by atoms with Crippen LogP contribution in [0.2, 0.25) is 0 Å².